The summed E-state index contributed by atoms with van der Waals surface area (Å²) in [5.41, 5.74) is 0.790. The van der Waals surface area contributed by atoms with Gasteiger partial charge in [0.05, 0.1) is 5.56 Å². The summed E-state index contributed by atoms with van der Waals surface area (Å²) >= 11 is 0. The van der Waals surface area contributed by atoms with Crippen molar-refractivity contribution in [1.82, 2.24) is 5.32 Å². The quantitative estimate of drug-likeness (QED) is 0.867. The molecule has 0 bridgehead atoms. The van der Waals surface area contributed by atoms with Crippen molar-refractivity contribution >= 4 is 11.9 Å². The van der Waals surface area contributed by atoms with Gasteiger partial charge >= 0.3 is 5.97 Å². The minimum Gasteiger partial charge on any atom is -0.478 e. The van der Waals surface area contributed by atoms with Crippen LogP contribution in [0.4, 0.5) is 0 Å². The van der Waals surface area contributed by atoms with E-state index in [4.69, 9.17) is 5.11 Å². The van der Waals surface area contributed by atoms with Gasteiger partial charge in [-0.3, -0.25) is 4.79 Å². The summed E-state index contributed by atoms with van der Waals surface area (Å²) in [6.45, 7) is 2.85. The first-order chi connectivity index (χ1) is 9.56. The van der Waals surface area contributed by atoms with Crippen molar-refractivity contribution in [2.75, 3.05) is 6.54 Å². The molecule has 1 aliphatic rings. The fourth-order valence-corrected chi connectivity index (χ4v) is 2.94. The number of rotatable bonds is 5. The Balaban J connectivity index is 2.01. The van der Waals surface area contributed by atoms with Crippen molar-refractivity contribution in [3.05, 3.63) is 35.4 Å². The number of hydrogen-bond donors (Lipinski definition) is 2. The van der Waals surface area contributed by atoms with Gasteiger partial charge in [-0.05, 0) is 42.9 Å². The second kappa shape index (κ2) is 6.07. The Morgan fingerprint density at radius 2 is 1.90 bits per heavy atom. The fraction of sp³-hybridized carbons (Fsp3) is 0.500. The molecule has 2 N–H and O–H groups in total. The van der Waals surface area contributed by atoms with Crippen LogP contribution >= 0.6 is 0 Å². The van der Waals surface area contributed by atoms with Crippen LogP contribution in [0.5, 0.6) is 0 Å². The van der Waals surface area contributed by atoms with Crippen LogP contribution in [0, 0.1) is 5.41 Å². The molecular weight excluding hydrogens is 254 g/mol. The lowest BCUT2D eigenvalue weighted by molar-refractivity contribution is 0.0697. The van der Waals surface area contributed by atoms with E-state index in [0.717, 1.165) is 6.42 Å². The number of benzene rings is 1. The zero-order valence-corrected chi connectivity index (χ0v) is 11.8. The van der Waals surface area contributed by atoms with E-state index in [1.165, 1.54) is 37.8 Å². The summed E-state index contributed by atoms with van der Waals surface area (Å²) in [4.78, 5) is 23.0. The van der Waals surface area contributed by atoms with Crippen LogP contribution in [0.1, 0.15) is 59.7 Å². The summed E-state index contributed by atoms with van der Waals surface area (Å²) < 4.78 is 0. The van der Waals surface area contributed by atoms with Gasteiger partial charge in [0.25, 0.3) is 5.91 Å². The highest BCUT2D eigenvalue weighted by Crippen LogP contribution is 2.40. The summed E-state index contributed by atoms with van der Waals surface area (Å²) in [5, 5.41) is 11.9. The van der Waals surface area contributed by atoms with Crippen LogP contribution in [0.25, 0.3) is 0 Å². The average molecular weight is 275 g/mol. The molecule has 108 valence electrons. The Morgan fingerprint density at radius 1 is 1.25 bits per heavy atom. The van der Waals surface area contributed by atoms with Crippen molar-refractivity contribution < 1.29 is 14.7 Å². The molecule has 1 saturated carbocycles. The molecule has 0 aliphatic heterocycles. The number of carboxylic acid groups (broad SMARTS) is 1. The van der Waals surface area contributed by atoms with E-state index in [1.54, 1.807) is 12.1 Å². The molecule has 0 spiro atoms. The van der Waals surface area contributed by atoms with E-state index in [-0.39, 0.29) is 16.9 Å². The van der Waals surface area contributed by atoms with Gasteiger partial charge in [-0.1, -0.05) is 25.8 Å². The van der Waals surface area contributed by atoms with Gasteiger partial charge in [-0.25, -0.2) is 4.79 Å². The third-order valence-electron chi connectivity index (χ3n) is 4.41. The largest absolute Gasteiger partial charge is 0.478 e. The predicted octanol–water partition coefficient (Wildman–Crippen LogP) is 3.09. The van der Waals surface area contributed by atoms with Gasteiger partial charge < -0.3 is 10.4 Å². The van der Waals surface area contributed by atoms with Crippen LogP contribution in [0.2, 0.25) is 0 Å². The summed E-state index contributed by atoms with van der Waals surface area (Å²) in [6.07, 6.45) is 5.87. The van der Waals surface area contributed by atoms with Gasteiger partial charge in [0.2, 0.25) is 0 Å². The normalized spacial score (nSPS) is 16.9. The van der Waals surface area contributed by atoms with Gasteiger partial charge in [0, 0.05) is 12.1 Å². The zero-order chi connectivity index (χ0) is 14.6. The lowest BCUT2D eigenvalue weighted by Crippen LogP contribution is -2.35. The van der Waals surface area contributed by atoms with Gasteiger partial charge in [-0.2, -0.15) is 0 Å². The molecule has 1 aliphatic carbocycles. The Kier molecular flexibility index (Phi) is 4.42. The molecule has 1 fully saturated rings. The molecule has 4 nitrogen and oxygen atoms in total. The number of aromatic carboxylic acids is 1. The molecule has 0 heterocycles. The molecule has 4 heteroatoms. The van der Waals surface area contributed by atoms with E-state index >= 15 is 0 Å². The second-order valence-electron chi connectivity index (χ2n) is 5.63. The summed E-state index contributed by atoms with van der Waals surface area (Å²) in [6, 6.07) is 6.16. The molecule has 0 aromatic heterocycles. The Hall–Kier alpha value is -1.84. The maximum Gasteiger partial charge on any atom is 0.335 e. The lowest BCUT2D eigenvalue weighted by Gasteiger charge is -2.27. The smallest absolute Gasteiger partial charge is 0.335 e. The summed E-state index contributed by atoms with van der Waals surface area (Å²) in [5.74, 6) is -1.20. The molecule has 0 atom stereocenters. The number of hydrogen-bond acceptors (Lipinski definition) is 2. The molecule has 1 aromatic rings. The maximum absolute atomic E-state index is 12.1. The first kappa shape index (κ1) is 14.6. The molecule has 0 saturated heterocycles. The zero-order valence-electron chi connectivity index (χ0n) is 11.8. The van der Waals surface area contributed by atoms with Crippen LogP contribution in [0.15, 0.2) is 24.3 Å². The SMILES string of the molecule is CCC1(CNC(=O)c2cccc(C(=O)O)c2)CCCC1. The highest BCUT2D eigenvalue weighted by Gasteiger charge is 2.32. The van der Waals surface area contributed by atoms with Crippen LogP contribution in [-0.4, -0.2) is 23.5 Å². The van der Waals surface area contributed by atoms with E-state index in [0.29, 0.717) is 12.1 Å². The van der Waals surface area contributed by atoms with Gasteiger partial charge in [0.15, 0.2) is 0 Å². The fourth-order valence-electron chi connectivity index (χ4n) is 2.94. The minimum atomic E-state index is -1.01. The molecule has 1 amide bonds. The van der Waals surface area contributed by atoms with Gasteiger partial charge in [-0.15, -0.1) is 0 Å². The lowest BCUT2D eigenvalue weighted by atomic mass is 9.83. The van der Waals surface area contributed by atoms with Gasteiger partial charge in [0.1, 0.15) is 0 Å². The van der Waals surface area contributed by atoms with Crippen molar-refractivity contribution in [2.45, 2.75) is 39.0 Å². The molecule has 2 rings (SSSR count). The Bertz CT molecular complexity index is 504. The van der Waals surface area contributed by atoms with E-state index in [2.05, 4.69) is 12.2 Å². The number of amides is 1. The Morgan fingerprint density at radius 3 is 2.50 bits per heavy atom. The third kappa shape index (κ3) is 3.18. The van der Waals surface area contributed by atoms with Crippen molar-refractivity contribution in [2.24, 2.45) is 5.41 Å². The molecule has 0 radical (unpaired) electrons. The highest BCUT2D eigenvalue weighted by atomic mass is 16.4. The van der Waals surface area contributed by atoms with Crippen LogP contribution < -0.4 is 5.32 Å². The van der Waals surface area contributed by atoms with E-state index < -0.39 is 5.97 Å². The third-order valence-corrected chi connectivity index (χ3v) is 4.41. The van der Waals surface area contributed by atoms with Crippen molar-refractivity contribution in [3.8, 4) is 0 Å². The molecule has 20 heavy (non-hydrogen) atoms. The maximum atomic E-state index is 12.1. The van der Waals surface area contributed by atoms with E-state index in [1.807, 2.05) is 0 Å². The predicted molar refractivity (Wildman–Crippen MR) is 76.9 cm³/mol. The minimum absolute atomic E-state index is 0.142. The van der Waals surface area contributed by atoms with Crippen LogP contribution in [-0.2, 0) is 0 Å². The van der Waals surface area contributed by atoms with Crippen molar-refractivity contribution in [1.29, 1.82) is 0 Å². The standard InChI is InChI=1S/C16H21NO3/c1-2-16(8-3-4-9-16)11-17-14(18)12-6-5-7-13(10-12)15(19)20/h5-7,10H,2-4,8-9,11H2,1H3,(H,17,18)(H,19,20). The summed E-state index contributed by atoms with van der Waals surface area (Å²) in [7, 11) is 0. The first-order valence-corrected chi connectivity index (χ1v) is 7.18. The molecular formula is C16H21NO3. The molecule has 1 aromatic carbocycles. The van der Waals surface area contributed by atoms with Crippen molar-refractivity contribution in [3.63, 3.8) is 0 Å². The molecule has 0 unspecified atom stereocenters. The number of carbonyl (C=O) groups is 2. The first-order valence-electron chi connectivity index (χ1n) is 7.18. The van der Waals surface area contributed by atoms with E-state index in [9.17, 15) is 9.59 Å². The number of carboxylic acids is 1. The average Bonchev–Trinajstić information content (AvgIpc) is 2.94. The van der Waals surface area contributed by atoms with Crippen LogP contribution in [0.3, 0.4) is 0 Å². The highest BCUT2D eigenvalue weighted by molar-refractivity contribution is 5.97. The monoisotopic (exact) mass is 275 g/mol. The number of carbonyl (C=O) groups excluding carboxylic acids is 1. The Labute approximate surface area is 119 Å². The topological polar surface area (TPSA) is 66.4 Å². The number of nitrogens with one attached hydrogen (secondary N) is 1. The second-order valence-corrected chi connectivity index (χ2v) is 5.63.